The van der Waals surface area contributed by atoms with Crippen LogP contribution in [0.1, 0.15) is 18.9 Å². The summed E-state index contributed by atoms with van der Waals surface area (Å²) in [6.07, 6.45) is 0.320. The van der Waals surface area contributed by atoms with E-state index in [4.69, 9.17) is 11.6 Å². The SMILES string of the molecule is CCN(CC(=O)NCc1ccc(Cl)cc1)C(=O)CCSc1ccc(F)cc1. The molecule has 27 heavy (non-hydrogen) atoms. The first-order chi connectivity index (χ1) is 13.0. The predicted octanol–water partition coefficient (Wildman–Crippen LogP) is 4.13. The van der Waals surface area contributed by atoms with E-state index in [1.807, 2.05) is 19.1 Å². The van der Waals surface area contributed by atoms with Gasteiger partial charge in [0.1, 0.15) is 5.82 Å². The lowest BCUT2D eigenvalue weighted by Gasteiger charge is -2.20. The third-order valence-corrected chi connectivity index (χ3v) is 5.14. The quantitative estimate of drug-likeness (QED) is 0.635. The number of likely N-dealkylation sites (N-methyl/N-ethyl adjacent to an activating group) is 1. The molecule has 0 spiro atoms. The second-order valence-electron chi connectivity index (χ2n) is 5.86. The van der Waals surface area contributed by atoms with Crippen molar-refractivity contribution in [3.05, 3.63) is 64.9 Å². The van der Waals surface area contributed by atoms with Gasteiger partial charge in [0.25, 0.3) is 0 Å². The van der Waals surface area contributed by atoms with Gasteiger partial charge in [-0.2, -0.15) is 0 Å². The Hall–Kier alpha value is -2.05. The Bertz CT molecular complexity index is 754. The minimum absolute atomic E-state index is 0.0319. The van der Waals surface area contributed by atoms with Gasteiger partial charge in [-0.05, 0) is 48.9 Å². The van der Waals surface area contributed by atoms with Crippen LogP contribution in [0, 0.1) is 5.82 Å². The molecule has 7 heteroatoms. The average molecular weight is 409 g/mol. The number of hydrogen-bond acceptors (Lipinski definition) is 3. The van der Waals surface area contributed by atoms with Crippen LogP contribution in [0.25, 0.3) is 0 Å². The lowest BCUT2D eigenvalue weighted by atomic mass is 10.2. The van der Waals surface area contributed by atoms with Gasteiger partial charge in [0.15, 0.2) is 0 Å². The predicted molar refractivity (Wildman–Crippen MR) is 107 cm³/mol. The van der Waals surface area contributed by atoms with E-state index < -0.39 is 0 Å². The van der Waals surface area contributed by atoms with Gasteiger partial charge in [-0.15, -0.1) is 11.8 Å². The molecule has 0 saturated carbocycles. The largest absolute Gasteiger partial charge is 0.350 e. The van der Waals surface area contributed by atoms with E-state index in [1.54, 1.807) is 24.3 Å². The highest BCUT2D eigenvalue weighted by Gasteiger charge is 2.15. The van der Waals surface area contributed by atoms with Crippen LogP contribution in [-0.2, 0) is 16.1 Å². The smallest absolute Gasteiger partial charge is 0.239 e. The number of rotatable bonds is 9. The summed E-state index contributed by atoms with van der Waals surface area (Å²) in [5.74, 6) is 0.0187. The molecule has 2 amide bonds. The summed E-state index contributed by atoms with van der Waals surface area (Å²) < 4.78 is 12.9. The van der Waals surface area contributed by atoms with Crippen LogP contribution in [0.5, 0.6) is 0 Å². The number of nitrogens with zero attached hydrogens (tertiary/aromatic N) is 1. The number of benzene rings is 2. The van der Waals surface area contributed by atoms with Crippen LogP contribution in [0.2, 0.25) is 5.02 Å². The summed E-state index contributed by atoms with van der Waals surface area (Å²) in [5.41, 5.74) is 0.942. The summed E-state index contributed by atoms with van der Waals surface area (Å²) in [6.45, 7) is 2.73. The van der Waals surface area contributed by atoms with Gasteiger partial charge in [-0.1, -0.05) is 23.7 Å². The Morgan fingerprint density at radius 2 is 1.78 bits per heavy atom. The average Bonchev–Trinajstić information content (AvgIpc) is 2.67. The molecular formula is C20H22ClFN2O2S. The topological polar surface area (TPSA) is 49.4 Å². The van der Waals surface area contributed by atoms with Crippen molar-refractivity contribution in [2.75, 3.05) is 18.8 Å². The summed E-state index contributed by atoms with van der Waals surface area (Å²) >= 11 is 7.32. The van der Waals surface area contributed by atoms with Gasteiger partial charge >= 0.3 is 0 Å². The normalized spacial score (nSPS) is 10.5. The Kier molecular flexibility index (Phi) is 8.61. The van der Waals surface area contributed by atoms with E-state index in [-0.39, 0.29) is 24.2 Å². The minimum atomic E-state index is -0.280. The van der Waals surface area contributed by atoms with Crippen LogP contribution in [0.15, 0.2) is 53.4 Å². The standard InChI is InChI=1S/C20H22ClFN2O2S/c1-2-24(14-19(25)23-13-15-3-5-16(21)6-4-15)20(26)11-12-27-18-9-7-17(22)8-10-18/h3-10H,2,11-14H2,1H3,(H,23,25). The fourth-order valence-electron chi connectivity index (χ4n) is 2.35. The molecular weight excluding hydrogens is 387 g/mol. The van der Waals surface area contributed by atoms with Crippen LogP contribution < -0.4 is 5.32 Å². The third-order valence-electron chi connectivity index (χ3n) is 3.87. The molecule has 4 nitrogen and oxygen atoms in total. The van der Waals surface area contributed by atoms with Crippen molar-refractivity contribution >= 4 is 35.2 Å². The molecule has 0 aromatic heterocycles. The summed E-state index contributed by atoms with van der Waals surface area (Å²) in [7, 11) is 0. The zero-order chi connectivity index (χ0) is 19.6. The molecule has 0 radical (unpaired) electrons. The van der Waals surface area contributed by atoms with E-state index in [2.05, 4.69) is 5.32 Å². The van der Waals surface area contributed by atoms with Crippen molar-refractivity contribution in [3.8, 4) is 0 Å². The lowest BCUT2D eigenvalue weighted by molar-refractivity contribution is -0.135. The fourth-order valence-corrected chi connectivity index (χ4v) is 3.32. The van der Waals surface area contributed by atoms with Gasteiger partial charge in [0.2, 0.25) is 11.8 Å². The molecule has 0 aliphatic rings. The van der Waals surface area contributed by atoms with Crippen LogP contribution in [0.4, 0.5) is 4.39 Å². The number of amides is 2. The monoisotopic (exact) mass is 408 g/mol. The van der Waals surface area contributed by atoms with Gasteiger partial charge < -0.3 is 10.2 Å². The molecule has 2 aromatic carbocycles. The zero-order valence-electron chi connectivity index (χ0n) is 15.1. The molecule has 0 aliphatic carbocycles. The Morgan fingerprint density at radius 1 is 1.11 bits per heavy atom. The Balaban J connectivity index is 1.73. The number of nitrogens with one attached hydrogen (secondary N) is 1. The van der Waals surface area contributed by atoms with Crippen molar-refractivity contribution in [1.82, 2.24) is 10.2 Å². The van der Waals surface area contributed by atoms with Gasteiger partial charge in [0.05, 0.1) is 6.54 Å². The summed E-state index contributed by atoms with van der Waals surface area (Å²) in [5, 5.41) is 3.45. The highest BCUT2D eigenvalue weighted by molar-refractivity contribution is 7.99. The Labute approximate surface area is 168 Å². The van der Waals surface area contributed by atoms with Crippen molar-refractivity contribution in [2.24, 2.45) is 0 Å². The number of carbonyl (C=O) groups is 2. The molecule has 0 heterocycles. The maximum Gasteiger partial charge on any atom is 0.239 e. The molecule has 0 aliphatic heterocycles. The van der Waals surface area contributed by atoms with Crippen molar-refractivity contribution < 1.29 is 14.0 Å². The third kappa shape index (κ3) is 7.61. The first-order valence-electron chi connectivity index (χ1n) is 8.65. The second kappa shape index (κ2) is 10.9. The summed E-state index contributed by atoms with van der Waals surface area (Å²) in [6, 6.07) is 13.4. The molecule has 0 atom stereocenters. The molecule has 2 rings (SSSR count). The fraction of sp³-hybridized carbons (Fsp3) is 0.300. The highest BCUT2D eigenvalue weighted by Crippen LogP contribution is 2.19. The number of thioether (sulfide) groups is 1. The molecule has 2 aromatic rings. The highest BCUT2D eigenvalue weighted by atomic mass is 35.5. The van der Waals surface area contributed by atoms with Crippen LogP contribution in [0.3, 0.4) is 0 Å². The van der Waals surface area contributed by atoms with E-state index in [1.165, 1.54) is 28.8 Å². The first-order valence-corrected chi connectivity index (χ1v) is 10.0. The zero-order valence-corrected chi connectivity index (χ0v) is 16.7. The minimum Gasteiger partial charge on any atom is -0.350 e. The number of carbonyl (C=O) groups excluding carboxylic acids is 2. The molecule has 144 valence electrons. The lowest BCUT2D eigenvalue weighted by Crippen LogP contribution is -2.40. The van der Waals surface area contributed by atoms with Gasteiger partial charge in [0, 0.05) is 35.2 Å². The van der Waals surface area contributed by atoms with Crippen molar-refractivity contribution in [3.63, 3.8) is 0 Å². The molecule has 1 N–H and O–H groups in total. The van der Waals surface area contributed by atoms with Crippen LogP contribution >= 0.6 is 23.4 Å². The number of halogens is 2. The van der Waals surface area contributed by atoms with E-state index in [0.29, 0.717) is 30.3 Å². The maximum atomic E-state index is 12.9. The molecule has 0 unspecified atom stereocenters. The van der Waals surface area contributed by atoms with E-state index in [9.17, 15) is 14.0 Å². The number of hydrogen-bond donors (Lipinski definition) is 1. The van der Waals surface area contributed by atoms with Gasteiger partial charge in [-0.25, -0.2) is 4.39 Å². The second-order valence-corrected chi connectivity index (χ2v) is 7.47. The van der Waals surface area contributed by atoms with Crippen LogP contribution in [-0.4, -0.2) is 35.6 Å². The van der Waals surface area contributed by atoms with E-state index >= 15 is 0 Å². The van der Waals surface area contributed by atoms with Crippen molar-refractivity contribution in [2.45, 2.75) is 24.8 Å². The van der Waals surface area contributed by atoms with Crippen molar-refractivity contribution in [1.29, 1.82) is 0 Å². The van der Waals surface area contributed by atoms with E-state index in [0.717, 1.165) is 10.5 Å². The van der Waals surface area contributed by atoms with Gasteiger partial charge in [-0.3, -0.25) is 9.59 Å². The molecule has 0 bridgehead atoms. The molecule has 0 saturated heterocycles. The Morgan fingerprint density at radius 3 is 2.41 bits per heavy atom. The first kappa shape index (κ1) is 21.3. The maximum absolute atomic E-state index is 12.9. The molecule has 0 fully saturated rings. The summed E-state index contributed by atoms with van der Waals surface area (Å²) in [4.78, 5) is 26.9.